The number of nitrogens with zero attached hydrogens (tertiary/aromatic N) is 1. The molecule has 0 spiro atoms. The number of hydrogen-bond donors (Lipinski definition) is 1. The van der Waals surface area contributed by atoms with Crippen LogP contribution in [0, 0.1) is 0 Å². The first kappa shape index (κ1) is 15.4. The van der Waals surface area contributed by atoms with E-state index < -0.39 is 0 Å². The SMILES string of the molecule is CC(C)c1ccc(SCC(=O)N2CCCNCC2)cc1. The van der Waals surface area contributed by atoms with E-state index >= 15 is 0 Å². The molecule has 3 nitrogen and oxygen atoms in total. The Labute approximate surface area is 126 Å². The van der Waals surface area contributed by atoms with Gasteiger partial charge in [-0.25, -0.2) is 0 Å². The molecular weight excluding hydrogens is 268 g/mol. The summed E-state index contributed by atoms with van der Waals surface area (Å²) in [5.41, 5.74) is 1.35. The van der Waals surface area contributed by atoms with E-state index in [9.17, 15) is 4.79 Å². The lowest BCUT2D eigenvalue weighted by molar-refractivity contribution is -0.128. The molecular formula is C16H24N2OS. The molecule has 1 N–H and O–H groups in total. The summed E-state index contributed by atoms with van der Waals surface area (Å²) in [5, 5.41) is 3.32. The molecule has 0 atom stereocenters. The Balaban J connectivity index is 1.83. The van der Waals surface area contributed by atoms with Crippen molar-refractivity contribution in [3.8, 4) is 0 Å². The van der Waals surface area contributed by atoms with Crippen molar-refractivity contribution in [2.45, 2.75) is 31.1 Å². The van der Waals surface area contributed by atoms with Crippen LogP contribution in [0.25, 0.3) is 0 Å². The predicted octanol–water partition coefficient (Wildman–Crippen LogP) is 2.72. The van der Waals surface area contributed by atoms with Crippen LogP contribution in [-0.4, -0.2) is 42.7 Å². The standard InChI is InChI=1S/C16H24N2OS/c1-13(2)14-4-6-15(7-5-14)20-12-16(19)18-10-3-8-17-9-11-18/h4-7,13,17H,3,8-12H2,1-2H3. The van der Waals surface area contributed by atoms with Gasteiger partial charge >= 0.3 is 0 Å². The summed E-state index contributed by atoms with van der Waals surface area (Å²) in [6, 6.07) is 8.56. The van der Waals surface area contributed by atoms with Crippen LogP contribution in [0.5, 0.6) is 0 Å². The Morgan fingerprint density at radius 3 is 2.70 bits per heavy atom. The van der Waals surface area contributed by atoms with E-state index in [1.165, 1.54) is 10.5 Å². The van der Waals surface area contributed by atoms with Crippen molar-refractivity contribution in [2.75, 3.05) is 31.9 Å². The highest BCUT2D eigenvalue weighted by molar-refractivity contribution is 8.00. The highest BCUT2D eigenvalue weighted by atomic mass is 32.2. The minimum Gasteiger partial charge on any atom is -0.341 e. The third-order valence-corrected chi connectivity index (χ3v) is 4.60. The van der Waals surface area contributed by atoms with Crippen molar-refractivity contribution in [3.05, 3.63) is 29.8 Å². The van der Waals surface area contributed by atoms with Gasteiger partial charge in [0.2, 0.25) is 5.91 Å². The van der Waals surface area contributed by atoms with E-state index in [4.69, 9.17) is 0 Å². The molecule has 0 bridgehead atoms. The highest BCUT2D eigenvalue weighted by Crippen LogP contribution is 2.22. The number of thioether (sulfide) groups is 1. The molecule has 1 aliphatic heterocycles. The molecule has 1 saturated heterocycles. The molecule has 0 saturated carbocycles. The summed E-state index contributed by atoms with van der Waals surface area (Å²) >= 11 is 1.64. The minimum absolute atomic E-state index is 0.256. The first-order chi connectivity index (χ1) is 9.66. The Hall–Kier alpha value is -1.00. The molecule has 0 aromatic heterocycles. The number of rotatable bonds is 4. The zero-order valence-corrected chi connectivity index (χ0v) is 13.2. The molecule has 0 aliphatic carbocycles. The van der Waals surface area contributed by atoms with Gasteiger partial charge in [-0.05, 0) is 36.6 Å². The molecule has 1 aliphatic rings. The minimum atomic E-state index is 0.256. The van der Waals surface area contributed by atoms with Gasteiger partial charge in [0, 0.05) is 24.5 Å². The first-order valence-corrected chi connectivity index (χ1v) is 8.36. The van der Waals surface area contributed by atoms with Gasteiger partial charge in [-0.15, -0.1) is 11.8 Å². The summed E-state index contributed by atoms with van der Waals surface area (Å²) in [6.45, 7) is 8.05. The topological polar surface area (TPSA) is 32.3 Å². The van der Waals surface area contributed by atoms with Crippen LogP contribution in [0.15, 0.2) is 29.2 Å². The monoisotopic (exact) mass is 292 g/mol. The van der Waals surface area contributed by atoms with Gasteiger partial charge < -0.3 is 10.2 Å². The second-order valence-corrected chi connectivity index (χ2v) is 6.55. The van der Waals surface area contributed by atoms with Crippen LogP contribution in [0.2, 0.25) is 0 Å². The maximum Gasteiger partial charge on any atom is 0.232 e. The third-order valence-electron chi connectivity index (χ3n) is 3.60. The lowest BCUT2D eigenvalue weighted by atomic mass is 10.0. The summed E-state index contributed by atoms with van der Waals surface area (Å²) in [4.78, 5) is 15.3. The van der Waals surface area contributed by atoms with Gasteiger partial charge in [-0.1, -0.05) is 26.0 Å². The molecule has 110 valence electrons. The molecule has 20 heavy (non-hydrogen) atoms. The number of hydrogen-bond acceptors (Lipinski definition) is 3. The summed E-state index contributed by atoms with van der Waals surface area (Å²) in [5.74, 6) is 1.35. The van der Waals surface area contributed by atoms with Crippen molar-refractivity contribution < 1.29 is 4.79 Å². The Morgan fingerprint density at radius 2 is 2.00 bits per heavy atom. The smallest absolute Gasteiger partial charge is 0.232 e. The van der Waals surface area contributed by atoms with Crippen LogP contribution in [0.4, 0.5) is 0 Å². The first-order valence-electron chi connectivity index (χ1n) is 7.38. The molecule has 0 radical (unpaired) electrons. The van der Waals surface area contributed by atoms with E-state index in [2.05, 4.69) is 43.4 Å². The van der Waals surface area contributed by atoms with Gasteiger partial charge in [0.15, 0.2) is 0 Å². The van der Waals surface area contributed by atoms with Crippen LogP contribution in [-0.2, 0) is 4.79 Å². The number of benzene rings is 1. The summed E-state index contributed by atoms with van der Waals surface area (Å²) in [7, 11) is 0. The number of nitrogens with one attached hydrogen (secondary N) is 1. The average Bonchev–Trinajstić information content (AvgIpc) is 2.74. The molecule has 1 aromatic rings. The van der Waals surface area contributed by atoms with Gasteiger partial charge in [0.1, 0.15) is 0 Å². The van der Waals surface area contributed by atoms with E-state index in [0.29, 0.717) is 11.7 Å². The van der Waals surface area contributed by atoms with Crippen molar-refractivity contribution in [1.82, 2.24) is 10.2 Å². The van der Waals surface area contributed by atoms with Crippen molar-refractivity contribution in [1.29, 1.82) is 0 Å². The van der Waals surface area contributed by atoms with E-state index in [1.807, 2.05) is 4.90 Å². The largest absolute Gasteiger partial charge is 0.341 e. The zero-order valence-electron chi connectivity index (χ0n) is 12.4. The molecule has 1 aromatic carbocycles. The average molecular weight is 292 g/mol. The molecule has 0 unspecified atom stereocenters. The highest BCUT2D eigenvalue weighted by Gasteiger charge is 2.15. The normalized spacial score (nSPS) is 16.2. The molecule has 1 amide bonds. The second kappa shape index (κ2) is 7.70. The van der Waals surface area contributed by atoms with E-state index in [-0.39, 0.29) is 5.91 Å². The predicted molar refractivity (Wildman–Crippen MR) is 85.3 cm³/mol. The van der Waals surface area contributed by atoms with Crippen molar-refractivity contribution in [2.24, 2.45) is 0 Å². The van der Waals surface area contributed by atoms with Gasteiger partial charge in [-0.2, -0.15) is 0 Å². The molecule has 1 heterocycles. The lowest BCUT2D eigenvalue weighted by Gasteiger charge is -2.19. The maximum absolute atomic E-state index is 12.2. The van der Waals surface area contributed by atoms with Crippen LogP contribution >= 0.6 is 11.8 Å². The second-order valence-electron chi connectivity index (χ2n) is 5.50. The van der Waals surface area contributed by atoms with E-state index in [1.54, 1.807) is 11.8 Å². The Bertz CT molecular complexity index is 423. The fraction of sp³-hybridized carbons (Fsp3) is 0.562. The Kier molecular flexibility index (Phi) is 5.92. The maximum atomic E-state index is 12.2. The van der Waals surface area contributed by atoms with Crippen molar-refractivity contribution in [3.63, 3.8) is 0 Å². The van der Waals surface area contributed by atoms with Gasteiger partial charge in [0.05, 0.1) is 5.75 Å². The van der Waals surface area contributed by atoms with Gasteiger partial charge in [0.25, 0.3) is 0 Å². The summed E-state index contributed by atoms with van der Waals surface area (Å²) < 4.78 is 0. The summed E-state index contributed by atoms with van der Waals surface area (Å²) in [6.07, 6.45) is 1.06. The van der Waals surface area contributed by atoms with Crippen LogP contribution in [0.3, 0.4) is 0 Å². The molecule has 1 fully saturated rings. The quantitative estimate of drug-likeness (QED) is 0.866. The fourth-order valence-electron chi connectivity index (χ4n) is 2.28. The van der Waals surface area contributed by atoms with Crippen LogP contribution in [0.1, 0.15) is 31.7 Å². The van der Waals surface area contributed by atoms with E-state index in [0.717, 1.165) is 32.6 Å². The zero-order chi connectivity index (χ0) is 14.4. The third kappa shape index (κ3) is 4.53. The molecule has 2 rings (SSSR count). The number of carbonyl (C=O) groups excluding carboxylic acids is 1. The number of carbonyl (C=O) groups is 1. The Morgan fingerprint density at radius 1 is 1.25 bits per heavy atom. The fourth-order valence-corrected chi connectivity index (χ4v) is 3.08. The molecule has 4 heteroatoms. The lowest BCUT2D eigenvalue weighted by Crippen LogP contribution is -2.35. The van der Waals surface area contributed by atoms with Crippen molar-refractivity contribution >= 4 is 17.7 Å². The van der Waals surface area contributed by atoms with Crippen LogP contribution < -0.4 is 5.32 Å². The van der Waals surface area contributed by atoms with Gasteiger partial charge in [-0.3, -0.25) is 4.79 Å². The number of amides is 1.